The predicted molar refractivity (Wildman–Crippen MR) is 128 cm³/mol. The summed E-state index contributed by atoms with van der Waals surface area (Å²) in [5, 5.41) is 0.400. The first-order chi connectivity index (χ1) is 16.3. The highest BCUT2D eigenvalue weighted by molar-refractivity contribution is 6.42. The van der Waals surface area contributed by atoms with E-state index in [2.05, 4.69) is 6.58 Å². The van der Waals surface area contributed by atoms with Crippen molar-refractivity contribution < 1.29 is 32.2 Å². The zero-order valence-electron chi connectivity index (χ0n) is 19.4. The van der Waals surface area contributed by atoms with Crippen LogP contribution < -0.4 is 9.47 Å². The molecule has 0 unspecified atom stereocenters. The van der Waals surface area contributed by atoms with Gasteiger partial charge in [-0.1, -0.05) is 47.5 Å². The number of alkyl halides is 3. The number of carbonyl (C=O) groups excluding carboxylic acids is 2. The lowest BCUT2D eigenvalue weighted by atomic mass is 9.84. The van der Waals surface area contributed by atoms with Crippen LogP contribution >= 0.6 is 23.2 Å². The molecule has 0 aliphatic carbocycles. The predicted octanol–water partition coefficient (Wildman–Crippen LogP) is 6.32. The second-order valence-corrected chi connectivity index (χ2v) is 8.59. The molecule has 190 valence electrons. The molecule has 2 aromatic carbocycles. The molecule has 2 amide bonds. The van der Waals surface area contributed by atoms with E-state index in [1.165, 1.54) is 50.4 Å². The van der Waals surface area contributed by atoms with Gasteiger partial charge in [0.05, 0.1) is 22.7 Å². The van der Waals surface area contributed by atoms with Crippen LogP contribution in [0.1, 0.15) is 18.4 Å². The molecule has 0 saturated carbocycles. The largest absolute Gasteiger partial charge is 0.493 e. The van der Waals surface area contributed by atoms with Crippen molar-refractivity contribution in [1.29, 1.82) is 0 Å². The first-order valence-corrected chi connectivity index (χ1v) is 11.1. The van der Waals surface area contributed by atoms with E-state index in [0.29, 0.717) is 11.3 Å². The maximum atomic E-state index is 13.3. The minimum Gasteiger partial charge on any atom is -0.493 e. The van der Waals surface area contributed by atoms with Crippen molar-refractivity contribution in [1.82, 2.24) is 9.80 Å². The van der Waals surface area contributed by atoms with Gasteiger partial charge in [-0.15, -0.1) is 6.58 Å². The minimum absolute atomic E-state index is 0.0477. The maximum absolute atomic E-state index is 13.3. The van der Waals surface area contributed by atoms with Gasteiger partial charge in [-0.25, -0.2) is 4.79 Å². The second-order valence-electron chi connectivity index (χ2n) is 7.77. The Morgan fingerprint density at radius 1 is 1.06 bits per heavy atom. The summed E-state index contributed by atoms with van der Waals surface area (Å²) in [7, 11) is 4.05. The average Bonchev–Trinajstić information content (AvgIpc) is 2.79. The standard InChI is InChI=1S/C24H25Cl2F3N2O4/c1-5-12-23(16-10-11-17(25)18(26)13-16,15-30(2)21(32)14-24(27,28)29)31(3)22(33)35-20-9-7-6-8-19(20)34-4/h5-11,13H,1,12,14-15H2,2-4H3/t23-/m1/s1. The molecule has 0 aliphatic rings. The Labute approximate surface area is 211 Å². The van der Waals surface area contributed by atoms with E-state index in [1.54, 1.807) is 24.3 Å². The molecule has 35 heavy (non-hydrogen) atoms. The van der Waals surface area contributed by atoms with Crippen molar-refractivity contribution in [2.45, 2.75) is 24.6 Å². The third-order valence-corrected chi connectivity index (χ3v) is 6.14. The summed E-state index contributed by atoms with van der Waals surface area (Å²) >= 11 is 12.3. The Balaban J connectivity index is 2.55. The topological polar surface area (TPSA) is 59.1 Å². The van der Waals surface area contributed by atoms with Gasteiger partial charge in [0.15, 0.2) is 11.5 Å². The number of likely N-dealkylation sites (N-methyl/N-ethyl adjacent to an activating group) is 2. The van der Waals surface area contributed by atoms with Crippen molar-refractivity contribution in [2.75, 3.05) is 27.7 Å². The van der Waals surface area contributed by atoms with Crippen molar-refractivity contribution in [3.8, 4) is 11.5 Å². The van der Waals surface area contributed by atoms with Gasteiger partial charge in [0.25, 0.3) is 0 Å². The number of halogens is 5. The first-order valence-electron chi connectivity index (χ1n) is 10.3. The molecule has 0 spiro atoms. The first kappa shape index (κ1) is 28.3. The van der Waals surface area contributed by atoms with Gasteiger partial charge in [0.1, 0.15) is 6.42 Å². The Morgan fingerprint density at radius 3 is 2.23 bits per heavy atom. The van der Waals surface area contributed by atoms with Crippen molar-refractivity contribution >= 4 is 35.2 Å². The molecule has 2 rings (SSSR count). The lowest BCUT2D eigenvalue weighted by Crippen LogP contribution is -2.55. The highest BCUT2D eigenvalue weighted by Crippen LogP contribution is 2.38. The van der Waals surface area contributed by atoms with Crippen molar-refractivity contribution in [3.63, 3.8) is 0 Å². The highest BCUT2D eigenvalue weighted by atomic mass is 35.5. The van der Waals surface area contributed by atoms with E-state index in [4.69, 9.17) is 32.7 Å². The van der Waals surface area contributed by atoms with Crippen LogP contribution in [0, 0.1) is 0 Å². The van der Waals surface area contributed by atoms with Gasteiger partial charge in [-0.05, 0) is 36.2 Å². The van der Waals surface area contributed by atoms with Crippen LogP contribution in [0.2, 0.25) is 10.0 Å². The molecule has 0 fully saturated rings. The minimum atomic E-state index is -4.69. The summed E-state index contributed by atoms with van der Waals surface area (Å²) < 4.78 is 49.4. The van der Waals surface area contributed by atoms with Crippen molar-refractivity contribution in [3.05, 3.63) is 70.7 Å². The van der Waals surface area contributed by atoms with Crippen LogP contribution in [0.5, 0.6) is 11.5 Å². The smallest absolute Gasteiger partial charge is 0.415 e. The Kier molecular flexibility index (Phi) is 9.45. The quantitative estimate of drug-likeness (QED) is 0.355. The number of methoxy groups -OCH3 is 1. The van der Waals surface area contributed by atoms with E-state index in [-0.39, 0.29) is 28.8 Å². The molecule has 2 aromatic rings. The molecular weight excluding hydrogens is 508 g/mol. The fourth-order valence-electron chi connectivity index (χ4n) is 3.56. The Morgan fingerprint density at radius 2 is 1.69 bits per heavy atom. The number of carbonyl (C=O) groups is 2. The van der Waals surface area contributed by atoms with E-state index >= 15 is 0 Å². The Hall–Kier alpha value is -2.91. The van der Waals surface area contributed by atoms with Crippen LogP contribution in [-0.2, 0) is 10.3 Å². The summed E-state index contributed by atoms with van der Waals surface area (Å²) in [6, 6.07) is 11.0. The van der Waals surface area contributed by atoms with Gasteiger partial charge in [-0.3, -0.25) is 9.69 Å². The number of benzene rings is 2. The fourth-order valence-corrected chi connectivity index (χ4v) is 3.86. The number of ether oxygens (including phenoxy) is 2. The van der Waals surface area contributed by atoms with E-state index in [9.17, 15) is 22.8 Å². The van der Waals surface area contributed by atoms with Gasteiger partial charge in [0.2, 0.25) is 5.91 Å². The molecule has 1 atom stereocenters. The Bertz CT molecular complexity index is 1080. The van der Waals surface area contributed by atoms with Gasteiger partial charge in [0, 0.05) is 20.6 Å². The summed E-state index contributed by atoms with van der Waals surface area (Å²) in [5.74, 6) is -0.733. The van der Waals surface area contributed by atoms with Crippen LogP contribution in [0.15, 0.2) is 55.1 Å². The van der Waals surface area contributed by atoms with Crippen molar-refractivity contribution in [2.24, 2.45) is 0 Å². The number of hydrogen-bond donors (Lipinski definition) is 0. The molecule has 0 radical (unpaired) electrons. The van der Waals surface area contributed by atoms with E-state index < -0.39 is 30.1 Å². The van der Waals surface area contributed by atoms with Gasteiger partial charge < -0.3 is 14.4 Å². The van der Waals surface area contributed by atoms with Crippen LogP contribution in [0.25, 0.3) is 0 Å². The summed E-state index contributed by atoms with van der Waals surface area (Å²) in [6.07, 6.45) is -5.65. The normalized spacial score (nSPS) is 12.9. The lowest BCUT2D eigenvalue weighted by molar-refractivity contribution is -0.161. The zero-order valence-corrected chi connectivity index (χ0v) is 20.9. The molecule has 6 nitrogen and oxygen atoms in total. The lowest BCUT2D eigenvalue weighted by Gasteiger charge is -2.43. The summed E-state index contributed by atoms with van der Waals surface area (Å²) in [6.45, 7) is 3.42. The zero-order chi connectivity index (χ0) is 26.4. The van der Waals surface area contributed by atoms with Crippen LogP contribution in [0.4, 0.5) is 18.0 Å². The molecule has 11 heteroatoms. The van der Waals surface area contributed by atoms with Gasteiger partial charge >= 0.3 is 12.3 Å². The monoisotopic (exact) mass is 532 g/mol. The number of rotatable bonds is 9. The summed E-state index contributed by atoms with van der Waals surface area (Å²) in [5.41, 5.74) is -0.983. The fraction of sp³-hybridized carbons (Fsp3) is 0.333. The van der Waals surface area contributed by atoms with Crippen LogP contribution in [0.3, 0.4) is 0 Å². The molecule has 0 heterocycles. The molecule has 0 N–H and O–H groups in total. The molecule has 0 aromatic heterocycles. The molecule has 0 saturated heterocycles. The SMILES string of the molecule is C=CC[C@@](CN(C)C(=O)CC(F)(F)F)(c1ccc(Cl)c(Cl)c1)N(C)C(=O)Oc1ccccc1OC. The van der Waals surface area contributed by atoms with E-state index in [1.807, 2.05) is 0 Å². The maximum Gasteiger partial charge on any atom is 0.415 e. The van der Waals surface area contributed by atoms with E-state index in [0.717, 1.165) is 4.90 Å². The summed E-state index contributed by atoms with van der Waals surface area (Å²) in [4.78, 5) is 27.7. The third kappa shape index (κ3) is 7.05. The molecule has 0 aliphatic heterocycles. The van der Waals surface area contributed by atoms with Crippen LogP contribution in [-0.4, -0.2) is 55.7 Å². The number of para-hydroxylation sites is 2. The molecule has 0 bridgehead atoms. The third-order valence-electron chi connectivity index (χ3n) is 5.40. The molecular formula is C24H25Cl2F3N2O4. The number of nitrogens with zero attached hydrogens (tertiary/aromatic N) is 2. The highest BCUT2D eigenvalue weighted by Gasteiger charge is 2.43. The second kappa shape index (κ2) is 11.7. The number of amides is 2. The van der Waals surface area contributed by atoms with Gasteiger partial charge in [-0.2, -0.15) is 13.2 Å². The number of hydrogen-bond acceptors (Lipinski definition) is 4. The average molecular weight is 533 g/mol.